The summed E-state index contributed by atoms with van der Waals surface area (Å²) in [6.45, 7) is 2.93. The number of carbonyl (C=O) groups excluding carboxylic acids is 1. The second-order valence-corrected chi connectivity index (χ2v) is 6.29. The Morgan fingerprint density at radius 3 is 2.61 bits per heavy atom. The number of alkyl halides is 1. The molecular weight excluding hydrogens is 290 g/mol. The van der Waals surface area contributed by atoms with E-state index in [1.165, 1.54) is 5.56 Å². The molecule has 1 aromatic rings. The lowest BCUT2D eigenvalue weighted by Gasteiger charge is -2.17. The smallest absolute Gasteiger partial charge is 0.222 e. The van der Waals surface area contributed by atoms with Crippen molar-refractivity contribution in [3.05, 3.63) is 35.9 Å². The topological polar surface area (TPSA) is 20.3 Å². The summed E-state index contributed by atoms with van der Waals surface area (Å²) in [4.78, 5) is 14.2. The van der Waals surface area contributed by atoms with Gasteiger partial charge in [0, 0.05) is 24.8 Å². The summed E-state index contributed by atoms with van der Waals surface area (Å²) in [6.07, 6.45) is 3.55. The fourth-order valence-electron chi connectivity index (χ4n) is 1.78. The summed E-state index contributed by atoms with van der Waals surface area (Å²) in [5, 5.41) is 0. The Kier molecular flexibility index (Phi) is 7.02. The maximum Gasteiger partial charge on any atom is 0.222 e. The van der Waals surface area contributed by atoms with Crippen LogP contribution in [0.5, 0.6) is 0 Å². The zero-order valence-electron chi connectivity index (χ0n) is 11.2. The Morgan fingerprint density at radius 2 is 2.00 bits per heavy atom. The second kappa shape index (κ2) is 8.30. The van der Waals surface area contributed by atoms with Crippen LogP contribution in [0.1, 0.15) is 31.7 Å². The van der Waals surface area contributed by atoms with Crippen molar-refractivity contribution in [1.29, 1.82) is 0 Å². The number of hydrogen-bond donors (Lipinski definition) is 0. The molecule has 0 N–H and O–H groups in total. The van der Waals surface area contributed by atoms with Gasteiger partial charge in [0.2, 0.25) is 5.91 Å². The minimum atomic E-state index is 0.249. The predicted molar refractivity (Wildman–Crippen MR) is 80.0 cm³/mol. The van der Waals surface area contributed by atoms with E-state index < -0.39 is 0 Å². The lowest BCUT2D eigenvalue weighted by Crippen LogP contribution is -2.28. The van der Waals surface area contributed by atoms with Crippen LogP contribution in [-0.2, 0) is 11.2 Å². The Hall–Kier alpha value is -0.830. The van der Waals surface area contributed by atoms with Crippen LogP contribution >= 0.6 is 15.9 Å². The average molecular weight is 312 g/mol. The van der Waals surface area contributed by atoms with Crippen LogP contribution in [0.4, 0.5) is 0 Å². The molecular formula is C15H22BrNO. The number of benzene rings is 1. The highest BCUT2D eigenvalue weighted by Gasteiger charge is 2.09. The molecule has 18 heavy (non-hydrogen) atoms. The predicted octanol–water partition coefficient (Wildman–Crippen LogP) is 3.64. The molecule has 0 saturated heterocycles. The number of nitrogens with zero attached hydrogens (tertiary/aromatic N) is 1. The summed E-state index contributed by atoms with van der Waals surface area (Å²) >= 11 is 3.50. The first kappa shape index (κ1) is 15.2. The number of rotatable bonds is 7. The maximum absolute atomic E-state index is 11.9. The molecule has 1 aromatic carbocycles. The van der Waals surface area contributed by atoms with Gasteiger partial charge in [-0.05, 0) is 24.8 Å². The summed E-state index contributed by atoms with van der Waals surface area (Å²) in [5.41, 5.74) is 1.31. The van der Waals surface area contributed by atoms with Crippen molar-refractivity contribution in [3.63, 3.8) is 0 Å². The lowest BCUT2D eigenvalue weighted by molar-refractivity contribution is -0.130. The van der Waals surface area contributed by atoms with Crippen LogP contribution in [0.25, 0.3) is 0 Å². The summed E-state index contributed by atoms with van der Waals surface area (Å²) in [5.74, 6) is 0.249. The molecule has 0 aliphatic heterocycles. The zero-order valence-corrected chi connectivity index (χ0v) is 12.8. The van der Waals surface area contributed by atoms with Crippen LogP contribution in [0.2, 0.25) is 0 Å². The van der Waals surface area contributed by atoms with Crippen molar-refractivity contribution < 1.29 is 4.79 Å². The minimum Gasteiger partial charge on any atom is -0.346 e. The van der Waals surface area contributed by atoms with Gasteiger partial charge in [-0.25, -0.2) is 0 Å². The first-order valence-corrected chi connectivity index (χ1v) is 7.43. The molecule has 3 heteroatoms. The molecule has 0 heterocycles. The largest absolute Gasteiger partial charge is 0.346 e. The van der Waals surface area contributed by atoms with Crippen LogP contribution < -0.4 is 0 Å². The molecule has 1 amide bonds. The van der Waals surface area contributed by atoms with Crippen molar-refractivity contribution in [2.24, 2.45) is 0 Å². The van der Waals surface area contributed by atoms with Gasteiger partial charge in [0.1, 0.15) is 0 Å². The van der Waals surface area contributed by atoms with E-state index in [-0.39, 0.29) is 5.91 Å². The van der Waals surface area contributed by atoms with E-state index in [2.05, 4.69) is 35.0 Å². The van der Waals surface area contributed by atoms with E-state index in [1.807, 2.05) is 30.1 Å². The standard InChI is InChI=1S/C15H22BrNO/c1-13(16)11-12-17(2)15(18)10-6-9-14-7-4-3-5-8-14/h3-5,7-8,13H,6,9-12H2,1-2H3. The van der Waals surface area contributed by atoms with Crippen LogP contribution in [0, 0.1) is 0 Å². The summed E-state index contributed by atoms with van der Waals surface area (Å²) in [7, 11) is 1.89. The zero-order chi connectivity index (χ0) is 13.4. The van der Waals surface area contributed by atoms with Crippen molar-refractivity contribution in [2.75, 3.05) is 13.6 Å². The summed E-state index contributed by atoms with van der Waals surface area (Å²) in [6, 6.07) is 10.3. The molecule has 0 bridgehead atoms. The van der Waals surface area contributed by atoms with E-state index in [0.717, 1.165) is 25.8 Å². The van der Waals surface area contributed by atoms with Gasteiger partial charge in [0.15, 0.2) is 0 Å². The second-order valence-electron chi connectivity index (χ2n) is 4.72. The van der Waals surface area contributed by atoms with Gasteiger partial charge in [-0.2, -0.15) is 0 Å². The van der Waals surface area contributed by atoms with Crippen LogP contribution in [0.3, 0.4) is 0 Å². The first-order valence-electron chi connectivity index (χ1n) is 6.51. The van der Waals surface area contributed by atoms with Gasteiger partial charge in [-0.15, -0.1) is 0 Å². The molecule has 0 spiro atoms. The van der Waals surface area contributed by atoms with Crippen molar-refractivity contribution in [3.8, 4) is 0 Å². The molecule has 0 aliphatic rings. The highest BCUT2D eigenvalue weighted by molar-refractivity contribution is 9.09. The van der Waals surface area contributed by atoms with Crippen LogP contribution in [0.15, 0.2) is 30.3 Å². The van der Waals surface area contributed by atoms with Gasteiger partial charge in [0.05, 0.1) is 0 Å². The monoisotopic (exact) mass is 311 g/mol. The number of hydrogen-bond acceptors (Lipinski definition) is 1. The molecule has 0 aliphatic carbocycles. The maximum atomic E-state index is 11.9. The quantitative estimate of drug-likeness (QED) is 0.704. The Labute approximate surface area is 119 Å². The molecule has 100 valence electrons. The van der Waals surface area contributed by atoms with Gasteiger partial charge in [-0.3, -0.25) is 4.79 Å². The normalized spacial score (nSPS) is 12.2. The SMILES string of the molecule is CC(Br)CCN(C)C(=O)CCCc1ccccc1. The van der Waals surface area contributed by atoms with Crippen molar-refractivity contribution >= 4 is 21.8 Å². The average Bonchev–Trinajstić information content (AvgIpc) is 2.37. The molecule has 0 aromatic heterocycles. The minimum absolute atomic E-state index is 0.249. The van der Waals surface area contributed by atoms with E-state index >= 15 is 0 Å². The first-order chi connectivity index (χ1) is 8.59. The molecule has 0 saturated carbocycles. The highest BCUT2D eigenvalue weighted by atomic mass is 79.9. The molecule has 1 atom stereocenters. The Bertz CT molecular complexity index is 351. The van der Waals surface area contributed by atoms with E-state index in [1.54, 1.807) is 0 Å². The van der Waals surface area contributed by atoms with E-state index in [4.69, 9.17) is 0 Å². The fourth-order valence-corrected chi connectivity index (χ4v) is 1.98. The van der Waals surface area contributed by atoms with E-state index in [0.29, 0.717) is 11.2 Å². The van der Waals surface area contributed by atoms with Crippen LogP contribution in [-0.4, -0.2) is 29.2 Å². The Morgan fingerprint density at radius 1 is 1.33 bits per heavy atom. The fraction of sp³-hybridized carbons (Fsp3) is 0.533. The third-order valence-corrected chi connectivity index (χ3v) is 3.44. The van der Waals surface area contributed by atoms with Crippen molar-refractivity contribution in [1.82, 2.24) is 4.90 Å². The van der Waals surface area contributed by atoms with Gasteiger partial charge >= 0.3 is 0 Å². The van der Waals surface area contributed by atoms with Crippen molar-refractivity contribution in [2.45, 2.75) is 37.4 Å². The molecule has 1 unspecified atom stereocenters. The third-order valence-electron chi connectivity index (χ3n) is 2.99. The number of halogens is 1. The van der Waals surface area contributed by atoms with Gasteiger partial charge < -0.3 is 4.90 Å². The lowest BCUT2D eigenvalue weighted by atomic mass is 10.1. The number of amides is 1. The van der Waals surface area contributed by atoms with Gasteiger partial charge in [-0.1, -0.05) is 53.2 Å². The Balaban J connectivity index is 2.20. The van der Waals surface area contributed by atoms with E-state index in [9.17, 15) is 4.79 Å². The molecule has 0 fully saturated rings. The van der Waals surface area contributed by atoms with Gasteiger partial charge in [0.25, 0.3) is 0 Å². The summed E-state index contributed by atoms with van der Waals surface area (Å²) < 4.78 is 0. The molecule has 0 radical (unpaired) electrons. The third kappa shape index (κ3) is 6.20. The molecule has 1 rings (SSSR count). The number of carbonyl (C=O) groups is 1. The number of aryl methyl sites for hydroxylation is 1. The highest BCUT2D eigenvalue weighted by Crippen LogP contribution is 2.08. The molecule has 2 nitrogen and oxygen atoms in total.